The summed E-state index contributed by atoms with van der Waals surface area (Å²) in [6.45, 7) is 3.69. The molecule has 3 atom stereocenters. The van der Waals surface area contributed by atoms with Gasteiger partial charge >= 0.3 is 0 Å². The van der Waals surface area contributed by atoms with Crippen LogP contribution in [0, 0.1) is 0 Å². The summed E-state index contributed by atoms with van der Waals surface area (Å²) in [6, 6.07) is 30.0. The van der Waals surface area contributed by atoms with E-state index >= 15 is 0 Å². The predicted molar refractivity (Wildman–Crippen MR) is 175 cm³/mol. The number of amides is 1. The van der Waals surface area contributed by atoms with Crippen LogP contribution in [0.5, 0.6) is 5.75 Å². The van der Waals surface area contributed by atoms with Crippen molar-refractivity contribution in [2.75, 3.05) is 40.0 Å². The number of piperazine rings is 1. The van der Waals surface area contributed by atoms with Crippen molar-refractivity contribution in [2.45, 2.75) is 56.3 Å². The van der Waals surface area contributed by atoms with Crippen molar-refractivity contribution >= 4 is 5.91 Å². The van der Waals surface area contributed by atoms with E-state index in [9.17, 15) is 9.90 Å². The number of methoxy groups -OCH3 is 1. The Kier molecular flexibility index (Phi) is 9.94. The van der Waals surface area contributed by atoms with E-state index < -0.39 is 5.60 Å². The third-order valence-corrected chi connectivity index (χ3v) is 9.27. The van der Waals surface area contributed by atoms with Crippen LogP contribution in [-0.2, 0) is 11.3 Å². The molecular weight excluding hydrogens is 564 g/mol. The van der Waals surface area contributed by atoms with Crippen LogP contribution in [0.1, 0.15) is 54.2 Å². The number of aliphatic hydroxyl groups is 1. The molecule has 2 heterocycles. The molecule has 8 heteroatoms. The zero-order valence-electron chi connectivity index (χ0n) is 26.1. The van der Waals surface area contributed by atoms with Gasteiger partial charge in [-0.3, -0.25) is 9.69 Å². The van der Waals surface area contributed by atoms with Gasteiger partial charge in [0.1, 0.15) is 11.4 Å². The highest BCUT2D eigenvalue weighted by atomic mass is 16.5. The molecule has 236 valence electrons. The highest BCUT2D eigenvalue weighted by molar-refractivity contribution is 5.98. The Hall–Kier alpha value is -3.98. The number of imidazole rings is 1. The van der Waals surface area contributed by atoms with Crippen molar-refractivity contribution in [1.29, 1.82) is 0 Å². The summed E-state index contributed by atoms with van der Waals surface area (Å²) in [5.41, 5.74) is 2.33. The summed E-state index contributed by atoms with van der Waals surface area (Å²) >= 11 is 0. The van der Waals surface area contributed by atoms with Gasteiger partial charge in [0.25, 0.3) is 5.91 Å². The van der Waals surface area contributed by atoms with E-state index in [2.05, 4.69) is 29.2 Å². The summed E-state index contributed by atoms with van der Waals surface area (Å²) in [6.07, 6.45) is 5.83. The molecule has 2 fully saturated rings. The van der Waals surface area contributed by atoms with Crippen LogP contribution in [0.3, 0.4) is 0 Å². The normalized spacial score (nSPS) is 22.3. The third-order valence-electron chi connectivity index (χ3n) is 9.27. The second-order valence-electron chi connectivity index (χ2n) is 12.3. The minimum atomic E-state index is -1.03. The Labute approximate surface area is 266 Å². The number of rotatable bonds is 11. The number of hydrogen-bond donors (Lipinski definition) is 1. The van der Waals surface area contributed by atoms with Gasteiger partial charge in [0, 0.05) is 51.3 Å². The second kappa shape index (κ2) is 14.4. The van der Waals surface area contributed by atoms with Gasteiger partial charge in [-0.2, -0.15) is 0 Å². The molecule has 3 aromatic carbocycles. The maximum absolute atomic E-state index is 14.6. The number of nitrogens with zero attached hydrogens (tertiary/aromatic N) is 4. The third kappa shape index (κ3) is 7.14. The largest absolute Gasteiger partial charge is 0.494 e. The van der Waals surface area contributed by atoms with Crippen molar-refractivity contribution in [3.05, 3.63) is 109 Å². The monoisotopic (exact) mass is 608 g/mol. The topological polar surface area (TPSA) is 80.1 Å². The number of para-hydroxylation sites is 1. The first kappa shape index (κ1) is 31.0. The lowest BCUT2D eigenvalue weighted by Gasteiger charge is -2.42. The minimum absolute atomic E-state index is 0.0486. The van der Waals surface area contributed by atoms with Crippen LogP contribution < -0.4 is 4.74 Å². The van der Waals surface area contributed by atoms with Crippen molar-refractivity contribution in [3.8, 4) is 17.0 Å². The molecule has 1 amide bonds. The van der Waals surface area contributed by atoms with Crippen molar-refractivity contribution in [3.63, 3.8) is 0 Å². The highest BCUT2D eigenvalue weighted by Gasteiger charge is 2.42. The summed E-state index contributed by atoms with van der Waals surface area (Å²) in [7, 11) is 1.63. The molecule has 45 heavy (non-hydrogen) atoms. The lowest BCUT2D eigenvalue weighted by molar-refractivity contribution is -0.0893. The van der Waals surface area contributed by atoms with E-state index in [1.165, 1.54) is 5.56 Å². The highest BCUT2D eigenvalue weighted by Crippen LogP contribution is 2.41. The molecule has 1 aliphatic carbocycles. The quantitative estimate of drug-likeness (QED) is 0.231. The molecule has 1 saturated heterocycles. The molecule has 8 nitrogen and oxygen atoms in total. The van der Waals surface area contributed by atoms with Crippen LogP contribution in [-0.4, -0.2) is 82.0 Å². The predicted octanol–water partition coefficient (Wildman–Crippen LogP) is 5.84. The van der Waals surface area contributed by atoms with Gasteiger partial charge in [0.2, 0.25) is 0 Å². The van der Waals surface area contributed by atoms with Crippen LogP contribution in [0.15, 0.2) is 97.3 Å². The number of benzene rings is 3. The average molecular weight is 609 g/mol. The summed E-state index contributed by atoms with van der Waals surface area (Å²) in [5, 5.41) is 11.7. The lowest BCUT2D eigenvalue weighted by atomic mass is 9.80. The molecule has 1 aromatic heterocycles. The molecule has 1 saturated carbocycles. The Balaban J connectivity index is 1.30. The van der Waals surface area contributed by atoms with Crippen LogP contribution in [0.2, 0.25) is 0 Å². The SMILES string of the molecule is COC[C@]1(O)CCCC[C@H]1n1cnc(C(=O)N2CCN(Cc3ccccc3)C[C@H]2CCOc2ccccc2)c1-c1ccccc1. The number of hydrogen-bond acceptors (Lipinski definition) is 6. The Morgan fingerprint density at radius 2 is 1.67 bits per heavy atom. The van der Waals surface area contributed by atoms with Gasteiger partial charge in [0.05, 0.1) is 31.3 Å². The molecule has 0 bridgehead atoms. The summed E-state index contributed by atoms with van der Waals surface area (Å²) in [4.78, 5) is 23.8. The lowest BCUT2D eigenvalue weighted by Crippen LogP contribution is -2.55. The fourth-order valence-corrected chi connectivity index (χ4v) is 7.04. The van der Waals surface area contributed by atoms with Gasteiger partial charge < -0.3 is 24.0 Å². The summed E-state index contributed by atoms with van der Waals surface area (Å²) < 4.78 is 13.6. The van der Waals surface area contributed by atoms with Gasteiger partial charge in [-0.1, -0.05) is 91.7 Å². The first-order chi connectivity index (χ1) is 22.1. The van der Waals surface area contributed by atoms with Gasteiger partial charge in [-0.15, -0.1) is 0 Å². The first-order valence-electron chi connectivity index (χ1n) is 16.1. The van der Waals surface area contributed by atoms with Crippen LogP contribution in [0.25, 0.3) is 11.3 Å². The van der Waals surface area contributed by atoms with Crippen molar-refractivity contribution in [2.24, 2.45) is 0 Å². The second-order valence-corrected chi connectivity index (χ2v) is 12.3. The molecule has 0 spiro atoms. The first-order valence-corrected chi connectivity index (χ1v) is 16.1. The van der Waals surface area contributed by atoms with Gasteiger partial charge in [-0.25, -0.2) is 4.98 Å². The van der Waals surface area contributed by atoms with E-state index in [1.54, 1.807) is 13.4 Å². The van der Waals surface area contributed by atoms with E-state index in [0.29, 0.717) is 31.7 Å². The molecule has 6 rings (SSSR count). The number of ether oxygens (including phenoxy) is 2. The fraction of sp³-hybridized carbons (Fsp3) is 0.405. The van der Waals surface area contributed by atoms with E-state index in [1.807, 2.05) is 76.2 Å². The molecular formula is C37H44N4O4. The van der Waals surface area contributed by atoms with Gasteiger partial charge in [-0.05, 0) is 30.5 Å². The number of carbonyl (C=O) groups excluding carboxylic acids is 1. The molecule has 1 aliphatic heterocycles. The van der Waals surface area contributed by atoms with E-state index in [-0.39, 0.29) is 24.6 Å². The zero-order chi connectivity index (χ0) is 31.1. The Bertz CT molecular complexity index is 1510. The number of aromatic nitrogens is 2. The van der Waals surface area contributed by atoms with E-state index in [0.717, 1.165) is 55.9 Å². The number of carbonyl (C=O) groups is 1. The van der Waals surface area contributed by atoms with Crippen LogP contribution in [0.4, 0.5) is 0 Å². The minimum Gasteiger partial charge on any atom is -0.494 e. The molecule has 1 N–H and O–H groups in total. The maximum Gasteiger partial charge on any atom is 0.275 e. The summed E-state index contributed by atoms with van der Waals surface area (Å²) in [5.74, 6) is 0.747. The Morgan fingerprint density at radius 1 is 0.956 bits per heavy atom. The van der Waals surface area contributed by atoms with Crippen molar-refractivity contribution in [1.82, 2.24) is 19.4 Å². The fourth-order valence-electron chi connectivity index (χ4n) is 7.04. The standard InChI is InChI=1S/C37H44N4O4/c1-44-27-37(43)21-12-11-19-33(37)41-28-38-34(35(41)30-15-7-3-8-16-30)36(42)40-23-22-39(25-29-13-5-2-6-14-29)26-31(40)20-24-45-32-17-9-4-10-18-32/h2-10,13-18,28,31,33,43H,11-12,19-27H2,1H3/t31-,33-,37-/m1/s1. The molecule has 2 aliphatic rings. The zero-order valence-corrected chi connectivity index (χ0v) is 26.1. The molecule has 0 radical (unpaired) electrons. The molecule has 0 unspecified atom stereocenters. The maximum atomic E-state index is 14.6. The smallest absolute Gasteiger partial charge is 0.275 e. The van der Waals surface area contributed by atoms with Crippen molar-refractivity contribution < 1.29 is 19.4 Å². The Morgan fingerprint density at radius 3 is 2.40 bits per heavy atom. The molecule has 4 aromatic rings. The van der Waals surface area contributed by atoms with Crippen LogP contribution >= 0.6 is 0 Å². The van der Waals surface area contributed by atoms with Gasteiger partial charge in [0.15, 0.2) is 5.69 Å². The van der Waals surface area contributed by atoms with E-state index in [4.69, 9.17) is 14.5 Å². The average Bonchev–Trinajstić information content (AvgIpc) is 3.51.